The van der Waals surface area contributed by atoms with E-state index in [4.69, 9.17) is 4.74 Å². The van der Waals surface area contributed by atoms with Crippen molar-refractivity contribution in [2.75, 3.05) is 0 Å². The first-order chi connectivity index (χ1) is 10.8. The zero-order valence-electron chi connectivity index (χ0n) is 12.8. The standard InChI is InChI=1S/C17H19F3O3/c1-2-3-4-7-10-16(17(18,19)20)13(15(21)22)11-12-8-5-6-9-14(12)23-16/h5-6,8-9,11H,2-4,7,10H2,1H3,(H,21,22). The number of benzene rings is 1. The number of hydrogen-bond donors (Lipinski definition) is 1. The molecule has 1 unspecified atom stereocenters. The number of carbonyl (C=O) groups is 1. The lowest BCUT2D eigenvalue weighted by atomic mass is 9.83. The van der Waals surface area contributed by atoms with Crippen molar-refractivity contribution >= 4 is 12.0 Å². The number of alkyl halides is 3. The highest BCUT2D eigenvalue weighted by Gasteiger charge is 2.62. The molecule has 0 bridgehead atoms. The zero-order valence-corrected chi connectivity index (χ0v) is 12.8. The van der Waals surface area contributed by atoms with Crippen LogP contribution in [-0.4, -0.2) is 22.9 Å². The average Bonchev–Trinajstić information content (AvgIpc) is 2.49. The van der Waals surface area contributed by atoms with E-state index in [-0.39, 0.29) is 12.2 Å². The fraction of sp³-hybridized carbons (Fsp3) is 0.471. The number of aliphatic carboxylic acids is 1. The van der Waals surface area contributed by atoms with Gasteiger partial charge in [-0.25, -0.2) is 4.79 Å². The molecule has 0 amide bonds. The van der Waals surface area contributed by atoms with E-state index in [2.05, 4.69) is 0 Å². The molecule has 0 radical (unpaired) electrons. The lowest BCUT2D eigenvalue weighted by molar-refractivity contribution is -0.238. The Morgan fingerprint density at radius 3 is 2.52 bits per heavy atom. The Kier molecular flexibility index (Phi) is 5.02. The van der Waals surface area contributed by atoms with E-state index in [0.717, 1.165) is 18.9 Å². The quantitative estimate of drug-likeness (QED) is 0.762. The van der Waals surface area contributed by atoms with Crippen molar-refractivity contribution in [1.82, 2.24) is 0 Å². The number of carboxylic acids is 1. The van der Waals surface area contributed by atoms with Crippen molar-refractivity contribution in [2.45, 2.75) is 50.8 Å². The van der Waals surface area contributed by atoms with Gasteiger partial charge in [-0.15, -0.1) is 0 Å². The Bertz CT molecular complexity index is 607. The SMILES string of the molecule is CCCCCCC1(C(F)(F)F)Oc2ccccc2C=C1C(=O)O. The third-order valence-corrected chi connectivity index (χ3v) is 4.01. The van der Waals surface area contributed by atoms with Gasteiger partial charge in [-0.2, -0.15) is 13.2 Å². The minimum atomic E-state index is -4.81. The van der Waals surface area contributed by atoms with Gasteiger partial charge in [-0.3, -0.25) is 0 Å². The molecule has 0 saturated carbocycles. The minimum absolute atomic E-state index is 0.0605. The van der Waals surface area contributed by atoms with Crippen molar-refractivity contribution in [3.63, 3.8) is 0 Å². The highest BCUT2D eigenvalue weighted by Crippen LogP contribution is 2.48. The molecule has 1 heterocycles. The monoisotopic (exact) mass is 328 g/mol. The predicted molar refractivity (Wildman–Crippen MR) is 80.2 cm³/mol. The number of ether oxygens (including phenoxy) is 1. The molecule has 0 saturated heterocycles. The number of hydrogen-bond acceptors (Lipinski definition) is 2. The van der Waals surface area contributed by atoms with Crippen molar-refractivity contribution in [3.8, 4) is 5.75 Å². The molecular formula is C17H19F3O3. The summed E-state index contributed by atoms with van der Waals surface area (Å²) in [7, 11) is 0. The maximum atomic E-state index is 13.8. The summed E-state index contributed by atoms with van der Waals surface area (Å²) in [5.74, 6) is -1.54. The van der Waals surface area contributed by atoms with Gasteiger partial charge in [0, 0.05) is 12.0 Å². The van der Waals surface area contributed by atoms with Crippen LogP contribution < -0.4 is 4.74 Å². The summed E-state index contributed by atoms with van der Waals surface area (Å²) in [4.78, 5) is 11.5. The molecule has 126 valence electrons. The van der Waals surface area contributed by atoms with Gasteiger partial charge in [-0.1, -0.05) is 44.4 Å². The van der Waals surface area contributed by atoms with E-state index in [9.17, 15) is 23.1 Å². The Morgan fingerprint density at radius 2 is 1.91 bits per heavy atom. The molecule has 0 aromatic heterocycles. The van der Waals surface area contributed by atoms with Crippen molar-refractivity contribution in [1.29, 1.82) is 0 Å². The zero-order chi connectivity index (χ0) is 17.1. The topological polar surface area (TPSA) is 46.5 Å². The van der Waals surface area contributed by atoms with Crippen LogP contribution in [0.5, 0.6) is 5.75 Å². The molecule has 3 nitrogen and oxygen atoms in total. The van der Waals surface area contributed by atoms with Gasteiger partial charge < -0.3 is 9.84 Å². The minimum Gasteiger partial charge on any atom is -0.478 e. The van der Waals surface area contributed by atoms with Crippen LogP contribution in [0.1, 0.15) is 44.6 Å². The van der Waals surface area contributed by atoms with Gasteiger partial charge >= 0.3 is 12.1 Å². The number of unbranched alkanes of at least 4 members (excludes halogenated alkanes) is 3. The molecule has 1 aromatic carbocycles. The molecular weight excluding hydrogens is 309 g/mol. The first kappa shape index (κ1) is 17.4. The fourth-order valence-corrected chi connectivity index (χ4v) is 2.78. The molecule has 0 fully saturated rings. The van der Waals surface area contributed by atoms with Gasteiger partial charge in [0.2, 0.25) is 5.60 Å². The Balaban J connectivity index is 2.45. The number of rotatable bonds is 6. The third-order valence-electron chi connectivity index (χ3n) is 4.01. The first-order valence-corrected chi connectivity index (χ1v) is 7.62. The maximum absolute atomic E-state index is 13.8. The van der Waals surface area contributed by atoms with E-state index in [1.807, 2.05) is 6.92 Å². The molecule has 1 N–H and O–H groups in total. The van der Waals surface area contributed by atoms with Crippen LogP contribution in [0.2, 0.25) is 0 Å². The average molecular weight is 328 g/mol. The molecule has 23 heavy (non-hydrogen) atoms. The summed E-state index contributed by atoms with van der Waals surface area (Å²) in [5.41, 5.74) is -3.19. The van der Waals surface area contributed by atoms with Crippen LogP contribution in [0, 0.1) is 0 Å². The van der Waals surface area contributed by atoms with E-state index in [1.54, 1.807) is 12.1 Å². The van der Waals surface area contributed by atoms with Gasteiger partial charge in [0.15, 0.2) is 0 Å². The van der Waals surface area contributed by atoms with Crippen LogP contribution in [0.3, 0.4) is 0 Å². The van der Waals surface area contributed by atoms with Crippen LogP contribution in [-0.2, 0) is 4.79 Å². The summed E-state index contributed by atoms with van der Waals surface area (Å²) in [6.45, 7) is 1.95. The third kappa shape index (κ3) is 3.35. The number of halogens is 3. The van der Waals surface area contributed by atoms with Crippen LogP contribution in [0.15, 0.2) is 29.8 Å². The molecule has 1 atom stereocenters. The van der Waals surface area contributed by atoms with E-state index in [0.29, 0.717) is 12.0 Å². The van der Waals surface area contributed by atoms with Crippen molar-refractivity contribution in [2.24, 2.45) is 0 Å². The molecule has 0 spiro atoms. The highest BCUT2D eigenvalue weighted by atomic mass is 19.4. The first-order valence-electron chi connectivity index (χ1n) is 7.62. The Morgan fingerprint density at radius 1 is 1.22 bits per heavy atom. The number of fused-ring (bicyclic) bond motifs is 1. The number of para-hydroxylation sites is 1. The largest absolute Gasteiger partial charge is 0.478 e. The number of carboxylic acid groups (broad SMARTS) is 1. The predicted octanol–water partition coefficient (Wildman–Crippen LogP) is 4.82. The molecule has 2 rings (SSSR count). The summed E-state index contributed by atoms with van der Waals surface area (Å²) in [5, 5.41) is 9.32. The van der Waals surface area contributed by atoms with Crippen molar-refractivity contribution in [3.05, 3.63) is 35.4 Å². The Hall–Kier alpha value is -1.98. The van der Waals surface area contributed by atoms with Crippen LogP contribution >= 0.6 is 0 Å². The summed E-state index contributed by atoms with van der Waals surface area (Å²) in [6.07, 6.45) is -1.60. The summed E-state index contributed by atoms with van der Waals surface area (Å²) < 4.78 is 46.6. The summed E-state index contributed by atoms with van der Waals surface area (Å²) >= 11 is 0. The van der Waals surface area contributed by atoms with E-state index in [1.165, 1.54) is 12.1 Å². The van der Waals surface area contributed by atoms with Crippen molar-refractivity contribution < 1.29 is 27.8 Å². The summed E-state index contributed by atoms with van der Waals surface area (Å²) in [6, 6.07) is 6.16. The highest BCUT2D eigenvalue weighted by molar-refractivity contribution is 5.96. The van der Waals surface area contributed by atoms with Gasteiger partial charge in [-0.05, 0) is 18.6 Å². The second-order valence-electron chi connectivity index (χ2n) is 5.64. The van der Waals surface area contributed by atoms with Gasteiger partial charge in [0.25, 0.3) is 0 Å². The second kappa shape index (κ2) is 6.64. The maximum Gasteiger partial charge on any atom is 0.432 e. The Labute approximate surface area is 132 Å². The molecule has 1 aromatic rings. The fourth-order valence-electron chi connectivity index (χ4n) is 2.78. The molecule has 1 aliphatic rings. The lowest BCUT2D eigenvalue weighted by Crippen LogP contribution is -2.54. The normalized spacial score (nSPS) is 20.4. The molecule has 0 aliphatic carbocycles. The molecule has 1 aliphatic heterocycles. The van der Waals surface area contributed by atoms with Gasteiger partial charge in [0.05, 0.1) is 5.57 Å². The van der Waals surface area contributed by atoms with E-state index >= 15 is 0 Å². The van der Waals surface area contributed by atoms with E-state index < -0.39 is 29.7 Å². The molecule has 6 heteroatoms. The lowest BCUT2D eigenvalue weighted by Gasteiger charge is -2.39. The van der Waals surface area contributed by atoms with Crippen LogP contribution in [0.25, 0.3) is 6.08 Å². The van der Waals surface area contributed by atoms with Gasteiger partial charge in [0.1, 0.15) is 5.75 Å². The van der Waals surface area contributed by atoms with Crippen LogP contribution in [0.4, 0.5) is 13.2 Å². The second-order valence-corrected chi connectivity index (χ2v) is 5.64. The smallest absolute Gasteiger partial charge is 0.432 e.